The summed E-state index contributed by atoms with van der Waals surface area (Å²) < 4.78 is 39.7. The van der Waals surface area contributed by atoms with Crippen LogP contribution in [-0.2, 0) is 11.0 Å². The summed E-state index contributed by atoms with van der Waals surface area (Å²) in [6.07, 6.45) is 0.580. The van der Waals surface area contributed by atoms with Gasteiger partial charge in [0.15, 0.2) is 11.5 Å². The van der Waals surface area contributed by atoms with E-state index < -0.39 is 11.9 Å². The fraction of sp³-hybridized carbons (Fsp3) is 0.412. The van der Waals surface area contributed by atoms with Crippen LogP contribution in [0.2, 0.25) is 0 Å². The minimum Gasteiger partial charge on any atom is -0.365 e. The molecule has 2 aliphatic rings. The lowest BCUT2D eigenvalue weighted by Crippen LogP contribution is -2.30. The van der Waals surface area contributed by atoms with E-state index in [9.17, 15) is 18.0 Å². The smallest absolute Gasteiger partial charge is 0.365 e. The van der Waals surface area contributed by atoms with E-state index in [1.54, 1.807) is 17.0 Å². The van der Waals surface area contributed by atoms with Gasteiger partial charge in [-0.1, -0.05) is 0 Å². The van der Waals surface area contributed by atoms with Crippen molar-refractivity contribution in [3.8, 4) is 11.4 Å². The minimum atomic E-state index is -4.60. The van der Waals surface area contributed by atoms with Gasteiger partial charge in [-0.05, 0) is 25.0 Å². The second-order valence-electron chi connectivity index (χ2n) is 6.52. The molecule has 6 nitrogen and oxygen atoms in total. The number of amides is 1. The van der Waals surface area contributed by atoms with E-state index in [1.165, 1.54) is 12.4 Å². The molecule has 0 aromatic carbocycles. The molecule has 2 aromatic rings. The summed E-state index contributed by atoms with van der Waals surface area (Å²) in [6.45, 7) is 0.483. The standard InChI is InChI=1S/C17H16F3N5O/c18-17(19,20)13-7-14(24-16(23-13)10-2-1-5-21-8-10)22-11-6-15(26)25(9-11)12-3-4-12/h1-2,5,7-8,11-12H,3-4,6,9H2,(H,22,23,24). The predicted molar refractivity (Wildman–Crippen MR) is 87.0 cm³/mol. The number of hydrogen-bond donors (Lipinski definition) is 1. The van der Waals surface area contributed by atoms with Crippen molar-refractivity contribution in [3.63, 3.8) is 0 Å². The molecule has 1 unspecified atom stereocenters. The van der Waals surface area contributed by atoms with Crippen LogP contribution in [0, 0.1) is 0 Å². The highest BCUT2D eigenvalue weighted by Crippen LogP contribution is 2.33. The molecule has 1 aliphatic carbocycles. The summed E-state index contributed by atoms with van der Waals surface area (Å²) in [7, 11) is 0. The summed E-state index contributed by atoms with van der Waals surface area (Å²) in [4.78, 5) is 25.6. The number of hydrogen-bond acceptors (Lipinski definition) is 5. The highest BCUT2D eigenvalue weighted by atomic mass is 19.4. The van der Waals surface area contributed by atoms with Gasteiger partial charge < -0.3 is 10.2 Å². The summed E-state index contributed by atoms with van der Waals surface area (Å²) >= 11 is 0. The van der Waals surface area contributed by atoms with Crippen molar-refractivity contribution in [1.29, 1.82) is 0 Å². The molecule has 0 spiro atoms. The molecule has 2 aromatic heterocycles. The Morgan fingerprint density at radius 1 is 1.23 bits per heavy atom. The van der Waals surface area contributed by atoms with Gasteiger partial charge in [0.05, 0.1) is 6.04 Å². The van der Waals surface area contributed by atoms with Crippen LogP contribution in [0.4, 0.5) is 19.0 Å². The lowest BCUT2D eigenvalue weighted by atomic mass is 10.2. The van der Waals surface area contributed by atoms with Crippen molar-refractivity contribution in [2.24, 2.45) is 0 Å². The fourth-order valence-electron chi connectivity index (χ4n) is 3.07. The van der Waals surface area contributed by atoms with Crippen molar-refractivity contribution in [1.82, 2.24) is 19.9 Å². The van der Waals surface area contributed by atoms with Crippen LogP contribution in [0.25, 0.3) is 11.4 Å². The van der Waals surface area contributed by atoms with Gasteiger partial charge in [0.2, 0.25) is 5.91 Å². The first-order chi connectivity index (χ1) is 12.4. The second kappa shape index (κ2) is 6.22. The molecule has 0 radical (unpaired) electrons. The Hall–Kier alpha value is -2.71. The van der Waals surface area contributed by atoms with Crippen molar-refractivity contribution >= 4 is 11.7 Å². The first kappa shape index (κ1) is 16.7. The van der Waals surface area contributed by atoms with E-state index >= 15 is 0 Å². The number of halogens is 3. The average Bonchev–Trinajstić information content (AvgIpc) is 3.38. The monoisotopic (exact) mass is 363 g/mol. The maximum absolute atomic E-state index is 13.2. The molecule has 2 fully saturated rings. The summed E-state index contributed by atoms with van der Waals surface area (Å²) in [5, 5.41) is 2.97. The molecule has 1 N–H and O–H groups in total. The Labute approximate surface area is 147 Å². The Kier molecular flexibility index (Phi) is 4.01. The summed E-state index contributed by atoms with van der Waals surface area (Å²) in [6, 6.07) is 4.11. The lowest BCUT2D eigenvalue weighted by Gasteiger charge is -2.17. The zero-order chi connectivity index (χ0) is 18.3. The van der Waals surface area contributed by atoms with Gasteiger partial charge in [-0.25, -0.2) is 9.97 Å². The van der Waals surface area contributed by atoms with E-state index in [0.717, 1.165) is 18.9 Å². The molecule has 0 bridgehead atoms. The molecule has 1 amide bonds. The van der Waals surface area contributed by atoms with Gasteiger partial charge in [-0.3, -0.25) is 9.78 Å². The van der Waals surface area contributed by atoms with Gasteiger partial charge in [0.1, 0.15) is 5.82 Å². The number of pyridine rings is 1. The Balaban J connectivity index is 1.62. The number of likely N-dealkylation sites (tertiary alicyclic amines) is 1. The molecule has 9 heteroatoms. The molecular formula is C17H16F3N5O. The first-order valence-corrected chi connectivity index (χ1v) is 8.33. The van der Waals surface area contributed by atoms with E-state index in [1.807, 2.05) is 0 Å². The third-order valence-electron chi connectivity index (χ3n) is 4.43. The SMILES string of the molecule is O=C1CC(Nc2cc(C(F)(F)F)nc(-c3cccnc3)n2)CN1C1CC1. The van der Waals surface area contributed by atoms with E-state index in [2.05, 4.69) is 20.3 Å². The first-order valence-electron chi connectivity index (χ1n) is 8.33. The van der Waals surface area contributed by atoms with Gasteiger partial charge in [0, 0.05) is 43.0 Å². The van der Waals surface area contributed by atoms with E-state index in [4.69, 9.17) is 0 Å². The van der Waals surface area contributed by atoms with Crippen LogP contribution in [0.5, 0.6) is 0 Å². The number of carbonyl (C=O) groups is 1. The van der Waals surface area contributed by atoms with Gasteiger partial charge in [0.25, 0.3) is 0 Å². The van der Waals surface area contributed by atoms with Crippen molar-refractivity contribution < 1.29 is 18.0 Å². The molecular weight excluding hydrogens is 347 g/mol. The molecule has 1 saturated carbocycles. The number of alkyl halides is 3. The molecule has 4 rings (SSSR count). The number of nitrogens with one attached hydrogen (secondary N) is 1. The topological polar surface area (TPSA) is 71.0 Å². The highest BCUT2D eigenvalue weighted by Gasteiger charge is 2.40. The number of anilines is 1. The summed E-state index contributed by atoms with van der Waals surface area (Å²) in [5.41, 5.74) is -0.638. The zero-order valence-electron chi connectivity index (χ0n) is 13.7. The maximum atomic E-state index is 13.2. The third kappa shape index (κ3) is 3.47. The van der Waals surface area contributed by atoms with Crippen LogP contribution in [0.1, 0.15) is 25.0 Å². The van der Waals surface area contributed by atoms with Crippen LogP contribution in [-0.4, -0.2) is 44.4 Å². The lowest BCUT2D eigenvalue weighted by molar-refractivity contribution is -0.141. The van der Waals surface area contributed by atoms with Crippen LogP contribution in [0.15, 0.2) is 30.6 Å². The molecule has 136 valence electrons. The highest BCUT2D eigenvalue weighted by molar-refractivity contribution is 5.80. The zero-order valence-corrected chi connectivity index (χ0v) is 13.7. The second-order valence-corrected chi connectivity index (χ2v) is 6.52. The third-order valence-corrected chi connectivity index (χ3v) is 4.43. The Morgan fingerprint density at radius 3 is 2.69 bits per heavy atom. The van der Waals surface area contributed by atoms with Gasteiger partial charge in [-0.15, -0.1) is 0 Å². The summed E-state index contributed by atoms with van der Waals surface area (Å²) in [5.74, 6) is 0.0306. The van der Waals surface area contributed by atoms with Crippen molar-refractivity contribution in [2.45, 2.75) is 37.5 Å². The van der Waals surface area contributed by atoms with Crippen molar-refractivity contribution in [3.05, 3.63) is 36.3 Å². The largest absolute Gasteiger partial charge is 0.433 e. The molecule has 3 heterocycles. The number of aromatic nitrogens is 3. The van der Waals surface area contributed by atoms with E-state index in [-0.39, 0.29) is 36.1 Å². The average molecular weight is 363 g/mol. The van der Waals surface area contributed by atoms with Gasteiger partial charge in [-0.2, -0.15) is 13.2 Å². The minimum absolute atomic E-state index is 0.0302. The van der Waals surface area contributed by atoms with Crippen molar-refractivity contribution in [2.75, 3.05) is 11.9 Å². The number of carbonyl (C=O) groups excluding carboxylic acids is 1. The Bertz CT molecular complexity index is 823. The molecule has 1 saturated heterocycles. The number of nitrogens with zero attached hydrogens (tertiary/aromatic N) is 4. The van der Waals surface area contributed by atoms with Crippen LogP contribution >= 0.6 is 0 Å². The molecule has 26 heavy (non-hydrogen) atoms. The predicted octanol–water partition coefficient (Wildman–Crippen LogP) is 2.73. The Morgan fingerprint density at radius 2 is 2.04 bits per heavy atom. The normalized spacial score (nSPS) is 20.5. The molecule has 1 aliphatic heterocycles. The number of rotatable bonds is 4. The fourth-order valence-corrected chi connectivity index (χ4v) is 3.07. The maximum Gasteiger partial charge on any atom is 0.433 e. The van der Waals surface area contributed by atoms with Gasteiger partial charge >= 0.3 is 6.18 Å². The molecule has 1 atom stereocenters. The van der Waals surface area contributed by atoms with Crippen LogP contribution in [0.3, 0.4) is 0 Å². The quantitative estimate of drug-likeness (QED) is 0.904. The van der Waals surface area contributed by atoms with E-state index in [0.29, 0.717) is 12.1 Å². The van der Waals surface area contributed by atoms with Crippen LogP contribution < -0.4 is 5.32 Å².